The van der Waals surface area contributed by atoms with Gasteiger partial charge in [-0.25, -0.2) is 18.1 Å². The number of imidazole rings is 1. The van der Waals surface area contributed by atoms with Crippen molar-refractivity contribution in [1.82, 2.24) is 14.0 Å². The summed E-state index contributed by atoms with van der Waals surface area (Å²) in [5.74, 6) is -0.345. The number of aryl methyl sites for hydroxylation is 1. The van der Waals surface area contributed by atoms with E-state index in [2.05, 4.69) is 10.4 Å². The molecule has 0 radical (unpaired) electrons. The number of para-hydroxylation sites is 2. The zero-order valence-electron chi connectivity index (χ0n) is 14.1. The van der Waals surface area contributed by atoms with Gasteiger partial charge in [0, 0.05) is 11.4 Å². The molecule has 1 saturated heterocycles. The minimum atomic E-state index is -3.67. The second-order valence-corrected chi connectivity index (χ2v) is 9.62. The van der Waals surface area contributed by atoms with E-state index in [1.807, 2.05) is 31.2 Å². The average molecular weight is 390 g/mol. The summed E-state index contributed by atoms with van der Waals surface area (Å²) in [7, 11) is -3.67. The third-order valence-corrected chi connectivity index (χ3v) is 7.85. The molecule has 1 aliphatic rings. The summed E-state index contributed by atoms with van der Waals surface area (Å²) in [6, 6.07) is 10.1. The first-order valence-electron chi connectivity index (χ1n) is 8.28. The lowest BCUT2D eigenvalue weighted by molar-refractivity contribution is -0.120. The van der Waals surface area contributed by atoms with E-state index >= 15 is 0 Å². The van der Waals surface area contributed by atoms with E-state index in [0.717, 1.165) is 15.9 Å². The molecule has 3 aromatic rings. The van der Waals surface area contributed by atoms with Crippen LogP contribution in [0, 0.1) is 6.92 Å². The highest BCUT2D eigenvalue weighted by molar-refractivity contribution is 7.91. The van der Waals surface area contributed by atoms with Gasteiger partial charge in [-0.3, -0.25) is 10.2 Å². The fourth-order valence-electron chi connectivity index (χ4n) is 3.20. The molecule has 4 rings (SSSR count). The molecule has 136 valence electrons. The number of hydrogen-bond donors (Lipinski definition) is 1. The van der Waals surface area contributed by atoms with Crippen molar-refractivity contribution in [2.75, 3.05) is 12.0 Å². The summed E-state index contributed by atoms with van der Waals surface area (Å²) in [5, 5.41) is 0. The standard InChI is InChI=1S/C17H18N4O3S2/c1-12-8-9-16(25-12)26(23,24)21-10-4-7-15(21)17(22)19-20-11-18-13-5-2-3-6-14(13)20/h2-3,5-6,8-9,11,15H,4,7,10H2,1H3,(H,19,22). The predicted octanol–water partition coefficient (Wildman–Crippen LogP) is 2.33. The van der Waals surface area contributed by atoms with Gasteiger partial charge in [-0.05, 0) is 44.0 Å². The van der Waals surface area contributed by atoms with Crippen LogP contribution < -0.4 is 5.43 Å². The molecule has 1 N–H and O–H groups in total. The van der Waals surface area contributed by atoms with Crippen LogP contribution in [0.3, 0.4) is 0 Å². The summed E-state index contributed by atoms with van der Waals surface area (Å²) in [6.07, 6.45) is 2.69. The van der Waals surface area contributed by atoms with Gasteiger partial charge in [0.2, 0.25) is 0 Å². The lowest BCUT2D eigenvalue weighted by Crippen LogP contribution is -2.44. The Morgan fingerprint density at radius 1 is 1.27 bits per heavy atom. The number of carbonyl (C=O) groups is 1. The van der Waals surface area contributed by atoms with E-state index in [9.17, 15) is 13.2 Å². The number of thiophene rings is 1. The van der Waals surface area contributed by atoms with Crippen molar-refractivity contribution in [3.05, 3.63) is 47.6 Å². The van der Waals surface area contributed by atoms with Crippen molar-refractivity contribution in [3.8, 4) is 0 Å². The van der Waals surface area contributed by atoms with Crippen molar-refractivity contribution in [1.29, 1.82) is 0 Å². The Balaban J connectivity index is 1.59. The first kappa shape index (κ1) is 17.2. The number of nitrogens with zero attached hydrogens (tertiary/aromatic N) is 3. The van der Waals surface area contributed by atoms with Crippen LogP contribution in [0.15, 0.2) is 46.9 Å². The normalized spacial score (nSPS) is 18.4. The molecule has 0 bridgehead atoms. The van der Waals surface area contributed by atoms with Crippen LogP contribution >= 0.6 is 11.3 Å². The first-order valence-corrected chi connectivity index (χ1v) is 10.5. The van der Waals surface area contributed by atoms with Gasteiger partial charge in [0.25, 0.3) is 15.9 Å². The number of fused-ring (bicyclic) bond motifs is 1. The molecule has 1 atom stereocenters. The van der Waals surface area contributed by atoms with Gasteiger partial charge in [-0.15, -0.1) is 11.3 Å². The van der Waals surface area contributed by atoms with Crippen LogP contribution in [-0.4, -0.2) is 40.9 Å². The quantitative estimate of drug-likeness (QED) is 0.741. The largest absolute Gasteiger partial charge is 0.271 e. The van der Waals surface area contributed by atoms with Gasteiger partial charge in [-0.2, -0.15) is 4.31 Å². The number of amides is 1. The first-order chi connectivity index (χ1) is 12.5. The molecule has 3 heterocycles. The van der Waals surface area contributed by atoms with E-state index in [1.165, 1.54) is 26.6 Å². The van der Waals surface area contributed by atoms with Crippen LogP contribution in [0.25, 0.3) is 11.0 Å². The minimum absolute atomic E-state index is 0.280. The van der Waals surface area contributed by atoms with Crippen molar-refractivity contribution in [2.45, 2.75) is 30.0 Å². The molecular weight excluding hydrogens is 372 g/mol. The Hall–Kier alpha value is -2.23. The number of carbonyl (C=O) groups excluding carboxylic acids is 1. The molecule has 2 aromatic heterocycles. The van der Waals surface area contributed by atoms with Crippen molar-refractivity contribution < 1.29 is 13.2 Å². The number of hydrogen-bond acceptors (Lipinski definition) is 5. The summed E-state index contributed by atoms with van der Waals surface area (Å²) in [5.41, 5.74) is 4.31. The van der Waals surface area contributed by atoms with Gasteiger partial charge < -0.3 is 0 Å². The topological polar surface area (TPSA) is 84.3 Å². The van der Waals surface area contributed by atoms with Gasteiger partial charge in [0.1, 0.15) is 16.6 Å². The third-order valence-electron chi connectivity index (χ3n) is 4.47. The summed E-state index contributed by atoms with van der Waals surface area (Å²) >= 11 is 1.23. The fourth-order valence-corrected chi connectivity index (χ4v) is 6.27. The predicted molar refractivity (Wildman–Crippen MR) is 100 cm³/mol. The highest BCUT2D eigenvalue weighted by Gasteiger charge is 2.40. The Labute approximate surface area is 155 Å². The third kappa shape index (κ3) is 2.91. The van der Waals surface area contributed by atoms with E-state index in [4.69, 9.17) is 0 Å². The maximum absolute atomic E-state index is 12.9. The van der Waals surface area contributed by atoms with Crippen molar-refractivity contribution >= 4 is 38.3 Å². The van der Waals surface area contributed by atoms with Gasteiger partial charge in [-0.1, -0.05) is 12.1 Å². The van der Waals surface area contributed by atoms with Crippen LogP contribution in [0.1, 0.15) is 17.7 Å². The summed E-state index contributed by atoms with van der Waals surface area (Å²) in [4.78, 5) is 17.9. The Bertz CT molecular complexity index is 1070. The molecule has 1 aliphatic heterocycles. The second-order valence-electron chi connectivity index (χ2n) is 6.22. The molecule has 1 unspecified atom stereocenters. The van der Waals surface area contributed by atoms with Crippen molar-refractivity contribution in [2.24, 2.45) is 0 Å². The molecule has 0 aliphatic carbocycles. The highest BCUT2D eigenvalue weighted by Crippen LogP contribution is 2.30. The Morgan fingerprint density at radius 2 is 2.08 bits per heavy atom. The van der Waals surface area contributed by atoms with Crippen LogP contribution in [0.5, 0.6) is 0 Å². The van der Waals surface area contributed by atoms with Crippen molar-refractivity contribution in [3.63, 3.8) is 0 Å². The van der Waals surface area contributed by atoms with Crippen LogP contribution in [-0.2, 0) is 14.8 Å². The van der Waals surface area contributed by atoms with E-state index in [0.29, 0.717) is 19.4 Å². The Kier molecular flexibility index (Phi) is 4.29. The maximum atomic E-state index is 12.9. The number of benzene rings is 1. The number of sulfonamides is 1. The Morgan fingerprint density at radius 3 is 2.85 bits per heavy atom. The zero-order chi connectivity index (χ0) is 18.3. The highest BCUT2D eigenvalue weighted by atomic mass is 32.2. The summed E-state index contributed by atoms with van der Waals surface area (Å²) in [6.45, 7) is 2.21. The molecular formula is C17H18N4O3S2. The number of nitrogens with one attached hydrogen (secondary N) is 1. The van der Waals surface area contributed by atoms with Gasteiger partial charge in [0.15, 0.2) is 0 Å². The van der Waals surface area contributed by atoms with Gasteiger partial charge >= 0.3 is 0 Å². The second kappa shape index (κ2) is 6.49. The number of aromatic nitrogens is 2. The smallest absolute Gasteiger partial charge is 0.257 e. The SMILES string of the molecule is Cc1ccc(S(=O)(=O)N2CCCC2C(=O)Nn2cnc3ccccc32)s1. The molecule has 1 amide bonds. The minimum Gasteiger partial charge on any atom is -0.271 e. The molecule has 26 heavy (non-hydrogen) atoms. The fraction of sp³-hybridized carbons (Fsp3) is 0.294. The van der Waals surface area contributed by atoms with Crippen LogP contribution in [0.2, 0.25) is 0 Å². The lowest BCUT2D eigenvalue weighted by Gasteiger charge is -2.22. The van der Waals surface area contributed by atoms with Gasteiger partial charge in [0.05, 0.1) is 11.0 Å². The van der Waals surface area contributed by atoms with Crippen LogP contribution in [0.4, 0.5) is 0 Å². The molecule has 1 aromatic carbocycles. The molecule has 9 heteroatoms. The molecule has 1 fully saturated rings. The van der Waals surface area contributed by atoms with E-state index < -0.39 is 16.1 Å². The maximum Gasteiger partial charge on any atom is 0.257 e. The number of rotatable bonds is 4. The molecule has 7 nitrogen and oxygen atoms in total. The average Bonchev–Trinajstić information content (AvgIpc) is 3.34. The summed E-state index contributed by atoms with van der Waals surface area (Å²) < 4.78 is 29.0. The monoisotopic (exact) mass is 390 g/mol. The molecule has 0 saturated carbocycles. The lowest BCUT2D eigenvalue weighted by atomic mass is 10.2. The van der Waals surface area contributed by atoms with E-state index in [-0.39, 0.29) is 10.1 Å². The zero-order valence-corrected chi connectivity index (χ0v) is 15.8. The molecule has 0 spiro atoms. The van der Waals surface area contributed by atoms with E-state index in [1.54, 1.807) is 12.1 Å².